The van der Waals surface area contributed by atoms with E-state index in [-0.39, 0.29) is 5.56 Å². The van der Waals surface area contributed by atoms with Crippen LogP contribution in [-0.2, 0) is 0 Å². The SMILES string of the molecule is CCCNC(c1cccc(F)c1)c1cccc(F)c1F. The normalized spacial score (nSPS) is 12.4. The Morgan fingerprint density at radius 2 is 1.80 bits per heavy atom. The summed E-state index contributed by atoms with van der Waals surface area (Å²) in [6, 6.07) is 9.37. The molecular formula is C16H16F3N. The number of hydrogen-bond donors (Lipinski definition) is 1. The molecule has 0 fully saturated rings. The molecule has 0 spiro atoms. The van der Waals surface area contributed by atoms with Gasteiger partial charge in [-0.25, -0.2) is 13.2 Å². The van der Waals surface area contributed by atoms with Gasteiger partial charge in [-0.1, -0.05) is 31.2 Å². The van der Waals surface area contributed by atoms with E-state index >= 15 is 0 Å². The summed E-state index contributed by atoms with van der Waals surface area (Å²) in [5.41, 5.74) is 0.756. The van der Waals surface area contributed by atoms with Crippen LogP contribution in [0.5, 0.6) is 0 Å². The van der Waals surface area contributed by atoms with E-state index in [1.54, 1.807) is 12.1 Å². The van der Waals surface area contributed by atoms with Gasteiger partial charge in [-0.3, -0.25) is 0 Å². The molecule has 2 aromatic rings. The first-order valence-corrected chi connectivity index (χ1v) is 6.56. The largest absolute Gasteiger partial charge is 0.306 e. The van der Waals surface area contributed by atoms with E-state index < -0.39 is 23.5 Å². The summed E-state index contributed by atoms with van der Waals surface area (Å²) >= 11 is 0. The van der Waals surface area contributed by atoms with E-state index in [2.05, 4.69) is 5.32 Å². The maximum atomic E-state index is 14.0. The third-order valence-corrected chi connectivity index (χ3v) is 3.07. The number of nitrogens with one attached hydrogen (secondary N) is 1. The zero-order chi connectivity index (χ0) is 14.5. The van der Waals surface area contributed by atoms with Crippen LogP contribution in [0.15, 0.2) is 42.5 Å². The Hall–Kier alpha value is -1.81. The summed E-state index contributed by atoms with van der Waals surface area (Å²) in [6.07, 6.45) is 0.836. The van der Waals surface area contributed by atoms with Crippen LogP contribution in [0.1, 0.15) is 30.5 Å². The Morgan fingerprint density at radius 1 is 1.05 bits per heavy atom. The van der Waals surface area contributed by atoms with Gasteiger partial charge in [-0.15, -0.1) is 0 Å². The van der Waals surface area contributed by atoms with E-state index in [0.717, 1.165) is 12.5 Å². The van der Waals surface area contributed by atoms with Crippen LogP contribution in [0.2, 0.25) is 0 Å². The summed E-state index contributed by atoms with van der Waals surface area (Å²) in [7, 11) is 0. The molecule has 0 aromatic heterocycles. The van der Waals surface area contributed by atoms with Gasteiger partial charge in [-0.2, -0.15) is 0 Å². The average Bonchev–Trinajstić information content (AvgIpc) is 2.44. The first kappa shape index (κ1) is 14.6. The summed E-state index contributed by atoms with van der Waals surface area (Å²) in [5, 5.41) is 3.12. The summed E-state index contributed by atoms with van der Waals surface area (Å²) in [6.45, 7) is 2.59. The van der Waals surface area contributed by atoms with Gasteiger partial charge in [0.1, 0.15) is 5.82 Å². The highest BCUT2D eigenvalue weighted by molar-refractivity contribution is 5.33. The van der Waals surface area contributed by atoms with Crippen molar-refractivity contribution < 1.29 is 13.2 Å². The highest BCUT2D eigenvalue weighted by Gasteiger charge is 2.19. The van der Waals surface area contributed by atoms with Crippen LogP contribution in [0.25, 0.3) is 0 Å². The van der Waals surface area contributed by atoms with Crippen LogP contribution in [0.4, 0.5) is 13.2 Å². The monoisotopic (exact) mass is 279 g/mol. The molecule has 2 rings (SSSR count). The molecule has 20 heavy (non-hydrogen) atoms. The smallest absolute Gasteiger partial charge is 0.163 e. The first-order chi connectivity index (χ1) is 9.63. The van der Waals surface area contributed by atoms with E-state index in [4.69, 9.17) is 0 Å². The lowest BCUT2D eigenvalue weighted by molar-refractivity contribution is 0.479. The Bertz CT molecular complexity index is 584. The zero-order valence-electron chi connectivity index (χ0n) is 11.2. The van der Waals surface area contributed by atoms with Gasteiger partial charge in [0.05, 0.1) is 6.04 Å². The fraction of sp³-hybridized carbons (Fsp3) is 0.250. The Morgan fingerprint density at radius 3 is 2.50 bits per heavy atom. The Kier molecular flexibility index (Phi) is 4.79. The number of halogens is 3. The van der Waals surface area contributed by atoms with Gasteiger partial charge in [0.15, 0.2) is 11.6 Å². The molecule has 0 amide bonds. The second-order valence-corrected chi connectivity index (χ2v) is 4.59. The Balaban J connectivity index is 2.44. The molecule has 1 unspecified atom stereocenters. The molecule has 2 aromatic carbocycles. The van der Waals surface area contributed by atoms with Gasteiger partial charge < -0.3 is 5.32 Å². The molecule has 0 heterocycles. The van der Waals surface area contributed by atoms with Crippen LogP contribution >= 0.6 is 0 Å². The van der Waals surface area contributed by atoms with Gasteiger partial charge in [-0.05, 0) is 36.7 Å². The van der Waals surface area contributed by atoms with E-state index in [9.17, 15) is 13.2 Å². The van der Waals surface area contributed by atoms with Crippen molar-refractivity contribution in [3.63, 3.8) is 0 Å². The van der Waals surface area contributed by atoms with Gasteiger partial charge in [0.2, 0.25) is 0 Å². The molecule has 106 valence electrons. The minimum absolute atomic E-state index is 0.184. The first-order valence-electron chi connectivity index (χ1n) is 6.56. The zero-order valence-corrected chi connectivity index (χ0v) is 11.2. The average molecular weight is 279 g/mol. The molecule has 4 heteroatoms. The summed E-state index contributed by atoms with van der Waals surface area (Å²) < 4.78 is 40.7. The lowest BCUT2D eigenvalue weighted by Gasteiger charge is -2.20. The molecule has 0 aliphatic carbocycles. The number of hydrogen-bond acceptors (Lipinski definition) is 1. The van der Waals surface area contributed by atoms with Crippen LogP contribution in [0.3, 0.4) is 0 Å². The highest BCUT2D eigenvalue weighted by Crippen LogP contribution is 2.26. The quantitative estimate of drug-likeness (QED) is 0.865. The third-order valence-electron chi connectivity index (χ3n) is 3.07. The van der Waals surface area contributed by atoms with E-state index in [1.807, 2.05) is 6.92 Å². The minimum Gasteiger partial charge on any atom is -0.306 e. The fourth-order valence-corrected chi connectivity index (χ4v) is 2.13. The molecule has 0 radical (unpaired) electrons. The van der Waals surface area contributed by atoms with Crippen LogP contribution in [-0.4, -0.2) is 6.54 Å². The standard InChI is InChI=1S/C16H16F3N/c1-2-9-20-16(11-5-3-6-12(17)10-11)13-7-4-8-14(18)15(13)19/h3-8,10,16,20H,2,9H2,1H3. The fourth-order valence-electron chi connectivity index (χ4n) is 2.13. The van der Waals surface area contributed by atoms with E-state index in [0.29, 0.717) is 12.1 Å². The maximum Gasteiger partial charge on any atom is 0.163 e. The van der Waals surface area contributed by atoms with Gasteiger partial charge in [0, 0.05) is 5.56 Å². The molecule has 0 aliphatic heterocycles. The van der Waals surface area contributed by atoms with E-state index in [1.165, 1.54) is 24.3 Å². The topological polar surface area (TPSA) is 12.0 Å². The predicted molar refractivity (Wildman–Crippen MR) is 72.9 cm³/mol. The van der Waals surface area contributed by atoms with Crippen molar-refractivity contribution in [3.8, 4) is 0 Å². The maximum absolute atomic E-state index is 14.0. The van der Waals surface area contributed by atoms with Crippen molar-refractivity contribution >= 4 is 0 Å². The summed E-state index contributed by atoms with van der Waals surface area (Å²) in [5.74, 6) is -2.20. The van der Waals surface area contributed by atoms with Crippen molar-refractivity contribution in [3.05, 3.63) is 71.0 Å². The highest BCUT2D eigenvalue weighted by atomic mass is 19.2. The van der Waals surface area contributed by atoms with Gasteiger partial charge in [0.25, 0.3) is 0 Å². The summed E-state index contributed by atoms with van der Waals surface area (Å²) in [4.78, 5) is 0. The van der Waals surface area contributed by atoms with Crippen molar-refractivity contribution in [2.45, 2.75) is 19.4 Å². The van der Waals surface area contributed by atoms with Crippen molar-refractivity contribution in [1.29, 1.82) is 0 Å². The number of rotatable bonds is 5. The van der Waals surface area contributed by atoms with Crippen molar-refractivity contribution in [2.24, 2.45) is 0 Å². The predicted octanol–water partition coefficient (Wildman–Crippen LogP) is 4.19. The third kappa shape index (κ3) is 3.20. The Labute approximate surface area is 116 Å². The molecule has 0 bridgehead atoms. The molecular weight excluding hydrogens is 263 g/mol. The lowest BCUT2D eigenvalue weighted by atomic mass is 9.97. The van der Waals surface area contributed by atoms with Crippen LogP contribution < -0.4 is 5.32 Å². The molecule has 1 nitrogen and oxygen atoms in total. The molecule has 0 saturated carbocycles. The second-order valence-electron chi connectivity index (χ2n) is 4.59. The number of benzene rings is 2. The minimum atomic E-state index is -0.901. The molecule has 0 aliphatic rings. The molecule has 0 saturated heterocycles. The van der Waals surface area contributed by atoms with Gasteiger partial charge >= 0.3 is 0 Å². The van der Waals surface area contributed by atoms with Crippen molar-refractivity contribution in [2.75, 3.05) is 6.54 Å². The molecule has 1 N–H and O–H groups in total. The molecule has 1 atom stereocenters. The lowest BCUT2D eigenvalue weighted by Crippen LogP contribution is -2.24. The van der Waals surface area contributed by atoms with Crippen LogP contribution in [0, 0.1) is 17.5 Å². The second kappa shape index (κ2) is 6.57. The van der Waals surface area contributed by atoms with Crippen molar-refractivity contribution in [1.82, 2.24) is 5.32 Å².